The molecule has 0 bridgehead atoms. The molecule has 16 heavy (non-hydrogen) atoms. The highest BCUT2D eigenvalue weighted by Crippen LogP contribution is 2.11. The number of piperidine rings is 1. The summed E-state index contributed by atoms with van der Waals surface area (Å²) in [7, 11) is 0. The van der Waals surface area contributed by atoms with Gasteiger partial charge in [0.1, 0.15) is 0 Å². The van der Waals surface area contributed by atoms with Crippen LogP contribution in [0.1, 0.15) is 30.1 Å². The van der Waals surface area contributed by atoms with Crippen molar-refractivity contribution in [2.24, 2.45) is 0 Å². The predicted octanol–water partition coefficient (Wildman–Crippen LogP) is 2.04. The molecule has 1 aromatic rings. The molecule has 90 valence electrons. The monoisotopic (exact) mass is 260 g/mol. The fourth-order valence-corrected chi connectivity index (χ4v) is 2.52. The zero-order chi connectivity index (χ0) is 10.7. The van der Waals surface area contributed by atoms with Crippen molar-refractivity contribution in [1.29, 1.82) is 0 Å². The van der Waals surface area contributed by atoms with Crippen LogP contribution in [-0.2, 0) is 0 Å². The average molecular weight is 261 g/mol. The van der Waals surface area contributed by atoms with Gasteiger partial charge in [-0.3, -0.25) is 4.79 Å². The first-order chi connectivity index (χ1) is 7.27. The Morgan fingerprint density at radius 1 is 1.62 bits per heavy atom. The maximum absolute atomic E-state index is 11.8. The lowest BCUT2D eigenvalue weighted by atomic mass is 10.00. The predicted molar refractivity (Wildman–Crippen MR) is 69.5 cm³/mol. The van der Waals surface area contributed by atoms with Crippen LogP contribution in [0.2, 0.25) is 0 Å². The Hall–Kier alpha value is -0.580. The van der Waals surface area contributed by atoms with Crippen LogP contribution >= 0.6 is 23.7 Å². The number of thiophene rings is 1. The van der Waals surface area contributed by atoms with Gasteiger partial charge in [-0.25, -0.2) is 0 Å². The van der Waals surface area contributed by atoms with E-state index in [4.69, 9.17) is 0 Å². The van der Waals surface area contributed by atoms with E-state index in [1.54, 1.807) is 11.3 Å². The normalized spacial score (nSPS) is 24.6. The number of hydrogen-bond donors (Lipinski definition) is 2. The van der Waals surface area contributed by atoms with Crippen molar-refractivity contribution < 1.29 is 4.79 Å². The molecular weight excluding hydrogens is 244 g/mol. The molecule has 2 unspecified atom stereocenters. The molecule has 0 aromatic carbocycles. The molecule has 1 saturated heterocycles. The molecule has 2 rings (SSSR count). The number of rotatable bonds is 2. The first-order valence-electron chi connectivity index (χ1n) is 5.34. The van der Waals surface area contributed by atoms with Gasteiger partial charge in [-0.2, -0.15) is 11.3 Å². The molecule has 2 atom stereocenters. The van der Waals surface area contributed by atoms with Gasteiger partial charge in [0.25, 0.3) is 5.91 Å². The Bertz CT molecular complexity index is 329. The van der Waals surface area contributed by atoms with E-state index in [9.17, 15) is 4.79 Å². The molecule has 2 N–H and O–H groups in total. The second kappa shape index (κ2) is 6.23. The summed E-state index contributed by atoms with van der Waals surface area (Å²) in [6.45, 7) is 3.18. The summed E-state index contributed by atoms with van der Waals surface area (Å²) in [5.41, 5.74) is 0.776. The Kier molecular flexibility index (Phi) is 5.25. The van der Waals surface area contributed by atoms with Crippen molar-refractivity contribution in [3.8, 4) is 0 Å². The van der Waals surface area contributed by atoms with Gasteiger partial charge in [0.2, 0.25) is 0 Å². The maximum Gasteiger partial charge on any atom is 0.252 e. The molecule has 0 saturated carbocycles. The number of carbonyl (C=O) groups excluding carboxylic acids is 1. The second-order valence-electron chi connectivity index (χ2n) is 3.98. The summed E-state index contributed by atoms with van der Waals surface area (Å²) >= 11 is 1.55. The number of amides is 1. The third kappa shape index (κ3) is 3.20. The molecule has 1 aliphatic rings. The van der Waals surface area contributed by atoms with E-state index in [1.165, 1.54) is 0 Å². The Morgan fingerprint density at radius 3 is 3.06 bits per heavy atom. The van der Waals surface area contributed by atoms with Crippen molar-refractivity contribution in [3.05, 3.63) is 22.4 Å². The molecule has 1 aliphatic heterocycles. The quantitative estimate of drug-likeness (QED) is 0.855. The summed E-state index contributed by atoms with van der Waals surface area (Å²) in [5.74, 6) is 0.0526. The molecule has 3 nitrogen and oxygen atoms in total. The second-order valence-corrected chi connectivity index (χ2v) is 4.76. The summed E-state index contributed by atoms with van der Waals surface area (Å²) in [5, 5.41) is 10.3. The number of carbonyl (C=O) groups is 1. The van der Waals surface area contributed by atoms with Crippen LogP contribution in [-0.4, -0.2) is 24.5 Å². The van der Waals surface area contributed by atoms with Crippen molar-refractivity contribution in [1.82, 2.24) is 10.6 Å². The summed E-state index contributed by atoms with van der Waals surface area (Å²) in [6, 6.07) is 2.51. The standard InChI is InChI=1S/C11H16N2OS.ClH/c1-8-10(3-2-5-12-8)13-11(14)9-4-6-15-7-9;/h4,6-8,10,12H,2-3,5H2,1H3,(H,13,14);1H. The fourth-order valence-electron chi connectivity index (χ4n) is 1.89. The number of nitrogens with one attached hydrogen (secondary N) is 2. The third-order valence-electron chi connectivity index (χ3n) is 2.86. The van der Waals surface area contributed by atoms with Gasteiger partial charge in [0, 0.05) is 23.0 Å². The average Bonchev–Trinajstić information content (AvgIpc) is 2.74. The highest BCUT2D eigenvalue weighted by molar-refractivity contribution is 7.08. The highest BCUT2D eigenvalue weighted by Gasteiger charge is 2.22. The van der Waals surface area contributed by atoms with Crippen LogP contribution in [0.25, 0.3) is 0 Å². The van der Waals surface area contributed by atoms with Crippen LogP contribution in [0, 0.1) is 0 Å². The lowest BCUT2D eigenvalue weighted by Crippen LogP contribution is -2.51. The van der Waals surface area contributed by atoms with Crippen LogP contribution < -0.4 is 10.6 Å². The molecule has 5 heteroatoms. The zero-order valence-electron chi connectivity index (χ0n) is 9.23. The van der Waals surface area contributed by atoms with Crippen LogP contribution in [0.15, 0.2) is 16.8 Å². The maximum atomic E-state index is 11.8. The first kappa shape index (κ1) is 13.5. The lowest BCUT2D eigenvalue weighted by Gasteiger charge is -2.30. The van der Waals surface area contributed by atoms with E-state index in [1.807, 2.05) is 16.8 Å². The van der Waals surface area contributed by atoms with E-state index in [0.29, 0.717) is 6.04 Å². The molecule has 1 fully saturated rings. The topological polar surface area (TPSA) is 41.1 Å². The van der Waals surface area contributed by atoms with Crippen molar-refractivity contribution in [2.75, 3.05) is 6.54 Å². The van der Waals surface area contributed by atoms with E-state index >= 15 is 0 Å². The molecule has 0 radical (unpaired) electrons. The molecule has 1 aromatic heterocycles. The van der Waals surface area contributed by atoms with E-state index in [2.05, 4.69) is 17.6 Å². The van der Waals surface area contributed by atoms with Crippen LogP contribution in [0.3, 0.4) is 0 Å². The molecule has 0 aliphatic carbocycles. The van der Waals surface area contributed by atoms with E-state index < -0.39 is 0 Å². The van der Waals surface area contributed by atoms with Crippen LogP contribution in [0.4, 0.5) is 0 Å². The van der Waals surface area contributed by atoms with Gasteiger partial charge in [-0.1, -0.05) is 0 Å². The van der Waals surface area contributed by atoms with Crippen molar-refractivity contribution in [2.45, 2.75) is 31.8 Å². The van der Waals surface area contributed by atoms with Gasteiger partial charge < -0.3 is 10.6 Å². The number of hydrogen-bond acceptors (Lipinski definition) is 3. The smallest absolute Gasteiger partial charge is 0.252 e. The largest absolute Gasteiger partial charge is 0.348 e. The highest BCUT2D eigenvalue weighted by atomic mass is 35.5. The minimum absolute atomic E-state index is 0. The lowest BCUT2D eigenvalue weighted by molar-refractivity contribution is 0.0920. The Balaban J connectivity index is 0.00000128. The van der Waals surface area contributed by atoms with E-state index in [-0.39, 0.29) is 24.4 Å². The molecular formula is C11H17ClN2OS. The SMILES string of the molecule is CC1NCCCC1NC(=O)c1ccsc1.Cl. The summed E-state index contributed by atoms with van der Waals surface area (Å²) in [6.07, 6.45) is 2.21. The summed E-state index contributed by atoms with van der Waals surface area (Å²) < 4.78 is 0. The zero-order valence-corrected chi connectivity index (χ0v) is 10.9. The first-order valence-corrected chi connectivity index (χ1v) is 6.28. The van der Waals surface area contributed by atoms with Gasteiger partial charge in [-0.05, 0) is 37.8 Å². The Labute approximate surface area is 106 Å². The molecule has 0 spiro atoms. The van der Waals surface area contributed by atoms with Crippen LogP contribution in [0.5, 0.6) is 0 Å². The van der Waals surface area contributed by atoms with Gasteiger partial charge in [0.05, 0.1) is 0 Å². The van der Waals surface area contributed by atoms with Gasteiger partial charge in [-0.15, -0.1) is 12.4 Å². The van der Waals surface area contributed by atoms with Crippen molar-refractivity contribution >= 4 is 29.7 Å². The van der Waals surface area contributed by atoms with E-state index in [0.717, 1.165) is 24.9 Å². The molecule has 2 heterocycles. The fraction of sp³-hybridized carbons (Fsp3) is 0.545. The van der Waals surface area contributed by atoms with Crippen molar-refractivity contribution in [3.63, 3.8) is 0 Å². The number of halogens is 1. The van der Waals surface area contributed by atoms with Gasteiger partial charge >= 0.3 is 0 Å². The third-order valence-corrected chi connectivity index (χ3v) is 3.54. The Morgan fingerprint density at radius 2 is 2.44 bits per heavy atom. The summed E-state index contributed by atoms with van der Waals surface area (Å²) in [4.78, 5) is 11.8. The minimum atomic E-state index is 0. The minimum Gasteiger partial charge on any atom is -0.348 e. The molecule has 1 amide bonds. The van der Waals surface area contributed by atoms with Gasteiger partial charge in [0.15, 0.2) is 0 Å².